The summed E-state index contributed by atoms with van der Waals surface area (Å²) in [6, 6.07) is 6.20. The van der Waals surface area contributed by atoms with Crippen LogP contribution in [0, 0.1) is 0 Å². The first kappa shape index (κ1) is 16.7. The van der Waals surface area contributed by atoms with Gasteiger partial charge in [-0.25, -0.2) is 4.79 Å². The van der Waals surface area contributed by atoms with Gasteiger partial charge in [-0.15, -0.1) is 0 Å². The number of piperidine rings is 1. The largest absolute Gasteiger partial charge is 0.336 e. The monoisotopic (exact) mass is 304 g/mol. The molecule has 2 rings (SSSR count). The van der Waals surface area contributed by atoms with Crippen LogP contribution in [-0.2, 0) is 0 Å². The Kier molecular flexibility index (Phi) is 6.19. The fraction of sp³-hybridized carbons (Fsp3) is 0.647. The minimum absolute atomic E-state index is 0.0280. The number of amides is 2. The van der Waals surface area contributed by atoms with Gasteiger partial charge in [-0.3, -0.25) is 9.88 Å². The Morgan fingerprint density at radius 2 is 2.32 bits per heavy atom. The molecule has 0 unspecified atom stereocenters. The van der Waals surface area contributed by atoms with Gasteiger partial charge in [0.1, 0.15) is 0 Å². The first-order chi connectivity index (χ1) is 10.6. The highest BCUT2D eigenvalue weighted by molar-refractivity contribution is 5.74. The lowest BCUT2D eigenvalue weighted by Gasteiger charge is -2.35. The van der Waals surface area contributed by atoms with Gasteiger partial charge >= 0.3 is 6.03 Å². The van der Waals surface area contributed by atoms with E-state index in [-0.39, 0.29) is 12.1 Å². The molecule has 122 valence electrons. The highest BCUT2D eigenvalue weighted by atomic mass is 16.2. The first-order valence-corrected chi connectivity index (χ1v) is 8.29. The quantitative estimate of drug-likeness (QED) is 0.910. The lowest BCUT2D eigenvalue weighted by molar-refractivity contribution is 0.147. The van der Waals surface area contributed by atoms with Crippen LogP contribution < -0.4 is 5.32 Å². The minimum atomic E-state index is -0.0326. The van der Waals surface area contributed by atoms with E-state index >= 15 is 0 Å². The molecule has 0 bridgehead atoms. The van der Waals surface area contributed by atoms with E-state index in [2.05, 4.69) is 22.1 Å². The molecule has 1 aliphatic rings. The number of nitrogens with zero attached hydrogens (tertiary/aromatic N) is 3. The molecule has 2 heterocycles. The SMILES string of the molecule is CCN1CCCC[C@H]1CNC(=O)N(C)[C@H](C)c1ccccn1. The third-order valence-corrected chi connectivity index (χ3v) is 4.66. The van der Waals surface area contributed by atoms with Crippen LogP contribution in [-0.4, -0.2) is 53.5 Å². The first-order valence-electron chi connectivity index (χ1n) is 8.29. The van der Waals surface area contributed by atoms with Crippen molar-refractivity contribution >= 4 is 6.03 Å². The molecule has 0 radical (unpaired) electrons. The van der Waals surface area contributed by atoms with E-state index in [9.17, 15) is 4.79 Å². The smallest absolute Gasteiger partial charge is 0.317 e. The van der Waals surface area contributed by atoms with Crippen LogP contribution in [0.4, 0.5) is 4.79 Å². The van der Waals surface area contributed by atoms with Crippen LogP contribution in [0.1, 0.15) is 44.8 Å². The van der Waals surface area contributed by atoms with Crippen molar-refractivity contribution in [3.8, 4) is 0 Å². The van der Waals surface area contributed by atoms with Crippen LogP contribution in [0.15, 0.2) is 24.4 Å². The van der Waals surface area contributed by atoms with Crippen molar-refractivity contribution in [3.05, 3.63) is 30.1 Å². The van der Waals surface area contributed by atoms with E-state index < -0.39 is 0 Å². The maximum atomic E-state index is 12.4. The van der Waals surface area contributed by atoms with Crippen LogP contribution in [0.3, 0.4) is 0 Å². The molecule has 0 spiro atoms. The normalized spacial score (nSPS) is 20.4. The third kappa shape index (κ3) is 4.19. The molecular formula is C17H28N4O. The number of likely N-dealkylation sites (N-methyl/N-ethyl adjacent to an activating group) is 1. The van der Waals surface area contributed by atoms with E-state index in [1.165, 1.54) is 19.3 Å². The summed E-state index contributed by atoms with van der Waals surface area (Å²) in [6.07, 6.45) is 5.47. The van der Waals surface area contributed by atoms with E-state index in [0.29, 0.717) is 6.04 Å². The molecule has 1 saturated heterocycles. The fourth-order valence-electron chi connectivity index (χ4n) is 3.03. The van der Waals surface area contributed by atoms with Crippen LogP contribution >= 0.6 is 0 Å². The highest BCUT2D eigenvalue weighted by Gasteiger charge is 2.23. The average molecular weight is 304 g/mol. The summed E-state index contributed by atoms with van der Waals surface area (Å²) < 4.78 is 0. The van der Waals surface area contributed by atoms with Gasteiger partial charge in [0.25, 0.3) is 0 Å². The summed E-state index contributed by atoms with van der Waals surface area (Å²) in [5.74, 6) is 0. The Bertz CT molecular complexity index is 465. The Labute approximate surface area is 133 Å². The minimum Gasteiger partial charge on any atom is -0.336 e. The summed E-state index contributed by atoms with van der Waals surface area (Å²) in [5, 5.41) is 3.08. The van der Waals surface area contributed by atoms with Crippen molar-refractivity contribution in [1.82, 2.24) is 20.1 Å². The summed E-state index contributed by atoms with van der Waals surface area (Å²) in [7, 11) is 1.83. The van der Waals surface area contributed by atoms with E-state index in [1.54, 1.807) is 11.1 Å². The number of rotatable bonds is 5. The van der Waals surface area contributed by atoms with Crippen molar-refractivity contribution in [2.45, 2.75) is 45.2 Å². The van der Waals surface area contributed by atoms with E-state index in [4.69, 9.17) is 0 Å². The highest BCUT2D eigenvalue weighted by Crippen LogP contribution is 2.17. The Morgan fingerprint density at radius 3 is 3.00 bits per heavy atom. The standard InChI is InChI=1S/C17H28N4O/c1-4-21-12-8-6-9-15(21)13-19-17(22)20(3)14(2)16-10-5-7-11-18-16/h5,7,10-11,14-15H,4,6,8-9,12-13H2,1-3H3,(H,19,22)/t14-,15+/m1/s1. The molecule has 22 heavy (non-hydrogen) atoms. The molecular weight excluding hydrogens is 276 g/mol. The second-order valence-corrected chi connectivity index (χ2v) is 6.01. The number of carbonyl (C=O) groups excluding carboxylic acids is 1. The molecule has 0 aromatic carbocycles. The molecule has 1 aromatic rings. The maximum Gasteiger partial charge on any atom is 0.317 e. The molecule has 0 aliphatic carbocycles. The van der Waals surface area contributed by atoms with Gasteiger partial charge in [-0.2, -0.15) is 0 Å². The fourth-order valence-corrected chi connectivity index (χ4v) is 3.03. The summed E-state index contributed by atoms with van der Waals surface area (Å²) in [5.41, 5.74) is 0.910. The Morgan fingerprint density at radius 1 is 1.50 bits per heavy atom. The van der Waals surface area contributed by atoms with E-state index in [0.717, 1.165) is 25.3 Å². The van der Waals surface area contributed by atoms with Crippen molar-refractivity contribution in [2.24, 2.45) is 0 Å². The molecule has 2 amide bonds. The van der Waals surface area contributed by atoms with Gasteiger partial charge in [0.05, 0.1) is 11.7 Å². The lowest BCUT2D eigenvalue weighted by atomic mass is 10.0. The number of pyridine rings is 1. The molecule has 5 heteroatoms. The summed E-state index contributed by atoms with van der Waals surface area (Å²) >= 11 is 0. The average Bonchev–Trinajstić information content (AvgIpc) is 2.59. The Hall–Kier alpha value is -1.62. The molecule has 1 aromatic heterocycles. The third-order valence-electron chi connectivity index (χ3n) is 4.66. The zero-order chi connectivity index (χ0) is 15.9. The van der Waals surface area contributed by atoms with Crippen molar-refractivity contribution in [2.75, 3.05) is 26.7 Å². The van der Waals surface area contributed by atoms with Crippen LogP contribution in [0.25, 0.3) is 0 Å². The Balaban J connectivity index is 1.86. The van der Waals surface area contributed by atoms with Gasteiger partial charge in [0, 0.05) is 25.8 Å². The molecule has 1 N–H and O–H groups in total. The number of nitrogens with one attached hydrogen (secondary N) is 1. The number of carbonyl (C=O) groups is 1. The van der Waals surface area contributed by atoms with Crippen molar-refractivity contribution in [1.29, 1.82) is 0 Å². The number of likely N-dealkylation sites (tertiary alicyclic amines) is 1. The maximum absolute atomic E-state index is 12.4. The molecule has 5 nitrogen and oxygen atoms in total. The number of aromatic nitrogens is 1. The van der Waals surface area contributed by atoms with Crippen LogP contribution in [0.2, 0.25) is 0 Å². The van der Waals surface area contributed by atoms with Gasteiger partial charge in [0.15, 0.2) is 0 Å². The summed E-state index contributed by atoms with van der Waals surface area (Å²) in [4.78, 5) is 20.9. The lowest BCUT2D eigenvalue weighted by Crippen LogP contribution is -2.49. The van der Waals surface area contributed by atoms with Gasteiger partial charge in [-0.1, -0.05) is 19.4 Å². The predicted octanol–water partition coefficient (Wildman–Crippen LogP) is 2.66. The zero-order valence-corrected chi connectivity index (χ0v) is 14.0. The topological polar surface area (TPSA) is 48.5 Å². The van der Waals surface area contributed by atoms with E-state index in [1.807, 2.05) is 32.2 Å². The zero-order valence-electron chi connectivity index (χ0n) is 14.0. The van der Waals surface area contributed by atoms with Crippen molar-refractivity contribution < 1.29 is 4.79 Å². The second kappa shape index (κ2) is 8.13. The van der Waals surface area contributed by atoms with Gasteiger partial charge < -0.3 is 10.2 Å². The molecule has 1 fully saturated rings. The molecule has 0 saturated carbocycles. The number of urea groups is 1. The van der Waals surface area contributed by atoms with Crippen molar-refractivity contribution in [3.63, 3.8) is 0 Å². The second-order valence-electron chi connectivity index (χ2n) is 6.01. The van der Waals surface area contributed by atoms with Gasteiger partial charge in [-0.05, 0) is 45.0 Å². The summed E-state index contributed by atoms with van der Waals surface area (Å²) in [6.45, 7) is 7.13. The van der Waals surface area contributed by atoms with Gasteiger partial charge in [0.2, 0.25) is 0 Å². The van der Waals surface area contributed by atoms with Crippen LogP contribution in [0.5, 0.6) is 0 Å². The number of hydrogen-bond donors (Lipinski definition) is 1. The molecule has 2 atom stereocenters. The molecule has 1 aliphatic heterocycles. The predicted molar refractivity (Wildman–Crippen MR) is 88.7 cm³/mol. The number of hydrogen-bond acceptors (Lipinski definition) is 3.